The van der Waals surface area contributed by atoms with Crippen LogP contribution in [0, 0.1) is 0 Å². The Morgan fingerprint density at radius 2 is 2.08 bits per heavy atom. The van der Waals surface area contributed by atoms with Crippen LogP contribution in [0.1, 0.15) is 13.3 Å². The lowest BCUT2D eigenvalue weighted by atomic mass is 9.87. The Balaban J connectivity index is 2.70. The molecule has 2 nitrogen and oxygen atoms in total. The molecule has 0 saturated heterocycles. The Kier molecular flexibility index (Phi) is 2.02. The summed E-state index contributed by atoms with van der Waals surface area (Å²) in [4.78, 5) is 10.2. The van der Waals surface area contributed by atoms with Gasteiger partial charge in [-0.3, -0.25) is 4.79 Å². The van der Waals surface area contributed by atoms with Crippen molar-refractivity contribution in [2.24, 2.45) is 0 Å². The molecule has 1 fully saturated rings. The zero-order valence-corrected chi connectivity index (χ0v) is 6.87. The summed E-state index contributed by atoms with van der Waals surface area (Å²) in [6.45, 7) is 0.860. The molecule has 1 rings (SSSR count). The minimum absolute atomic E-state index is 0.666. The van der Waals surface area contributed by atoms with Crippen molar-refractivity contribution in [1.29, 1.82) is 0 Å². The van der Waals surface area contributed by atoms with Gasteiger partial charge in [0.15, 0.2) is 0 Å². The molecule has 0 aromatic carbocycles. The third kappa shape index (κ3) is 1.16. The second-order valence-corrected chi connectivity index (χ2v) is 3.14. The van der Waals surface area contributed by atoms with E-state index in [1.807, 2.05) is 0 Å². The van der Waals surface area contributed by atoms with Crippen LogP contribution in [0.4, 0.5) is 13.2 Å². The number of esters is 1. The average Bonchev–Trinajstić information content (AvgIpc) is 1.85. The maximum Gasteiger partial charge on any atom is 0.332 e. The van der Waals surface area contributed by atoms with E-state index in [0.717, 1.165) is 6.92 Å². The first-order chi connectivity index (χ1) is 5.29. The highest BCUT2D eigenvalue weighted by molar-refractivity contribution is 6.22. The highest BCUT2D eigenvalue weighted by Crippen LogP contribution is 2.53. The van der Waals surface area contributed by atoms with Gasteiger partial charge in [-0.2, -0.15) is 13.2 Å². The van der Waals surface area contributed by atoms with Crippen LogP contribution >= 0.6 is 11.6 Å². The Morgan fingerprint density at radius 1 is 1.58 bits per heavy atom. The molecule has 6 heteroatoms. The summed E-state index contributed by atoms with van der Waals surface area (Å²) in [5.41, 5.74) is 0. The molecule has 0 N–H and O–H groups in total. The van der Waals surface area contributed by atoms with Crippen molar-refractivity contribution in [2.75, 3.05) is 0 Å². The van der Waals surface area contributed by atoms with Gasteiger partial charge in [0.1, 0.15) is 5.38 Å². The summed E-state index contributed by atoms with van der Waals surface area (Å²) in [6.07, 6.45) is -0.666. The number of halogens is 4. The van der Waals surface area contributed by atoms with Crippen LogP contribution in [0.5, 0.6) is 0 Å². The largest absolute Gasteiger partial charge is 0.422 e. The van der Waals surface area contributed by atoms with E-state index in [-0.39, 0.29) is 0 Å². The third-order valence-corrected chi connectivity index (χ3v) is 2.07. The summed E-state index contributed by atoms with van der Waals surface area (Å²) in [5, 5.41) is -1.60. The summed E-state index contributed by atoms with van der Waals surface area (Å²) in [5.74, 6) is -8.06. The van der Waals surface area contributed by atoms with Crippen molar-refractivity contribution >= 4 is 17.6 Å². The first kappa shape index (κ1) is 9.64. The summed E-state index contributed by atoms with van der Waals surface area (Å²) >= 11 is 5.03. The van der Waals surface area contributed by atoms with Crippen molar-refractivity contribution in [3.05, 3.63) is 0 Å². The number of carbonyl (C=O) groups excluding carboxylic acids is 1. The van der Waals surface area contributed by atoms with Gasteiger partial charge in [-0.1, -0.05) is 0 Å². The van der Waals surface area contributed by atoms with Gasteiger partial charge in [0, 0.05) is 13.3 Å². The maximum atomic E-state index is 12.9. The fourth-order valence-corrected chi connectivity index (χ4v) is 1.30. The minimum atomic E-state index is -3.78. The van der Waals surface area contributed by atoms with Crippen molar-refractivity contribution in [2.45, 2.75) is 30.5 Å². The molecule has 12 heavy (non-hydrogen) atoms. The SMILES string of the molecule is CC(=O)OC1(F)CC(Cl)C1(F)F. The van der Waals surface area contributed by atoms with E-state index in [1.165, 1.54) is 0 Å². The minimum Gasteiger partial charge on any atom is -0.422 e. The summed E-state index contributed by atoms with van der Waals surface area (Å²) in [7, 11) is 0. The first-order valence-corrected chi connectivity index (χ1v) is 3.63. The van der Waals surface area contributed by atoms with Gasteiger partial charge >= 0.3 is 17.7 Å². The molecule has 0 aromatic heterocycles. The van der Waals surface area contributed by atoms with Crippen LogP contribution in [0.25, 0.3) is 0 Å². The monoisotopic (exact) mass is 202 g/mol. The third-order valence-electron chi connectivity index (χ3n) is 1.64. The number of hydrogen-bond acceptors (Lipinski definition) is 2. The molecule has 0 aliphatic heterocycles. The zero-order valence-electron chi connectivity index (χ0n) is 6.11. The van der Waals surface area contributed by atoms with E-state index >= 15 is 0 Å². The fraction of sp³-hybridized carbons (Fsp3) is 0.833. The summed E-state index contributed by atoms with van der Waals surface area (Å²) < 4.78 is 41.8. The van der Waals surface area contributed by atoms with Crippen molar-refractivity contribution in [3.63, 3.8) is 0 Å². The molecular weight excluding hydrogens is 197 g/mol. The predicted molar refractivity (Wildman–Crippen MR) is 34.8 cm³/mol. The number of hydrogen-bond donors (Lipinski definition) is 0. The van der Waals surface area contributed by atoms with E-state index in [0.29, 0.717) is 0 Å². The second kappa shape index (κ2) is 2.52. The Morgan fingerprint density at radius 3 is 2.33 bits per heavy atom. The Labute approximate surface area is 71.6 Å². The van der Waals surface area contributed by atoms with Crippen LogP contribution in [0.15, 0.2) is 0 Å². The predicted octanol–water partition coefficient (Wildman–Crippen LogP) is 1.86. The van der Waals surface area contributed by atoms with Gasteiger partial charge in [-0.25, -0.2) is 0 Å². The van der Waals surface area contributed by atoms with Gasteiger partial charge in [0.05, 0.1) is 0 Å². The van der Waals surface area contributed by atoms with Crippen LogP contribution in [0.2, 0.25) is 0 Å². The first-order valence-electron chi connectivity index (χ1n) is 3.20. The molecule has 0 heterocycles. The molecule has 2 unspecified atom stereocenters. The van der Waals surface area contributed by atoms with Crippen LogP contribution < -0.4 is 0 Å². The van der Waals surface area contributed by atoms with Gasteiger partial charge in [-0.15, -0.1) is 11.6 Å². The molecule has 2 atom stereocenters. The molecule has 1 aliphatic rings. The molecule has 0 spiro atoms. The average molecular weight is 203 g/mol. The van der Waals surface area contributed by atoms with Gasteiger partial charge in [0.25, 0.3) is 0 Å². The molecule has 0 bridgehead atoms. The molecular formula is C6H6ClF3O2. The van der Waals surface area contributed by atoms with Crippen LogP contribution in [-0.4, -0.2) is 23.1 Å². The van der Waals surface area contributed by atoms with E-state index in [1.54, 1.807) is 0 Å². The Hall–Kier alpha value is -0.450. The fourth-order valence-electron chi connectivity index (χ4n) is 0.935. The lowest BCUT2D eigenvalue weighted by Crippen LogP contribution is -2.64. The maximum absolute atomic E-state index is 12.9. The summed E-state index contributed by atoms with van der Waals surface area (Å²) in [6, 6.07) is 0. The zero-order chi connectivity index (χ0) is 9.57. The van der Waals surface area contributed by atoms with Crippen molar-refractivity contribution < 1.29 is 22.7 Å². The van der Waals surface area contributed by atoms with Gasteiger partial charge in [0.2, 0.25) is 0 Å². The standard InChI is InChI=1S/C6H6ClF3O2/c1-3(11)12-5(8)2-4(7)6(5,9)10/h4H,2H2,1H3. The Bertz CT molecular complexity index is 221. The van der Waals surface area contributed by atoms with E-state index in [2.05, 4.69) is 4.74 Å². The molecule has 70 valence electrons. The topological polar surface area (TPSA) is 26.3 Å². The number of ether oxygens (including phenoxy) is 1. The lowest BCUT2D eigenvalue weighted by Gasteiger charge is -2.44. The number of rotatable bonds is 1. The van der Waals surface area contributed by atoms with E-state index in [9.17, 15) is 18.0 Å². The quantitative estimate of drug-likeness (QED) is 0.479. The van der Waals surface area contributed by atoms with Crippen LogP contribution in [-0.2, 0) is 9.53 Å². The highest BCUT2D eigenvalue weighted by Gasteiger charge is 2.72. The lowest BCUT2D eigenvalue weighted by molar-refractivity contribution is -0.316. The molecule has 0 amide bonds. The highest BCUT2D eigenvalue weighted by atomic mass is 35.5. The van der Waals surface area contributed by atoms with Crippen molar-refractivity contribution in [3.8, 4) is 0 Å². The molecule has 0 radical (unpaired) electrons. The molecule has 1 saturated carbocycles. The number of alkyl halides is 4. The molecule has 0 aromatic rings. The molecule has 1 aliphatic carbocycles. The normalized spacial score (nSPS) is 38.6. The van der Waals surface area contributed by atoms with E-state index < -0.39 is 29.5 Å². The smallest absolute Gasteiger partial charge is 0.332 e. The second-order valence-electron chi connectivity index (χ2n) is 2.62. The van der Waals surface area contributed by atoms with Crippen LogP contribution in [0.3, 0.4) is 0 Å². The van der Waals surface area contributed by atoms with Crippen molar-refractivity contribution in [1.82, 2.24) is 0 Å². The van der Waals surface area contributed by atoms with Gasteiger partial charge in [-0.05, 0) is 0 Å². The van der Waals surface area contributed by atoms with Gasteiger partial charge < -0.3 is 4.74 Å². The van der Waals surface area contributed by atoms with E-state index in [4.69, 9.17) is 11.6 Å². The number of carbonyl (C=O) groups is 1.